The number of likely N-dealkylation sites (N-methyl/N-ethyl adjacent to an activating group) is 1. The molecule has 1 amide bonds. The van der Waals surface area contributed by atoms with Crippen LogP contribution < -0.4 is 14.2 Å². The predicted molar refractivity (Wildman–Crippen MR) is 93.1 cm³/mol. The van der Waals surface area contributed by atoms with Gasteiger partial charge in [-0.25, -0.2) is 0 Å². The minimum atomic E-state index is -0.0450. The minimum Gasteiger partial charge on any atom is -0.497 e. The maximum atomic E-state index is 12.4. The molecule has 0 aliphatic carbocycles. The van der Waals surface area contributed by atoms with Crippen LogP contribution in [0.4, 0.5) is 0 Å². The van der Waals surface area contributed by atoms with Crippen LogP contribution in [0.15, 0.2) is 48.5 Å². The van der Waals surface area contributed by atoms with Gasteiger partial charge < -0.3 is 19.1 Å². The average molecular weight is 329 g/mol. The van der Waals surface area contributed by atoms with E-state index in [1.807, 2.05) is 31.2 Å². The summed E-state index contributed by atoms with van der Waals surface area (Å²) in [5.41, 5.74) is 0.630. The molecule has 0 radical (unpaired) electrons. The van der Waals surface area contributed by atoms with Crippen molar-refractivity contribution < 1.29 is 19.0 Å². The summed E-state index contributed by atoms with van der Waals surface area (Å²) in [7, 11) is 3.38. The summed E-state index contributed by atoms with van der Waals surface area (Å²) >= 11 is 0. The summed E-state index contributed by atoms with van der Waals surface area (Å²) in [6.07, 6.45) is 0. The molecule has 0 fully saturated rings. The second-order valence-corrected chi connectivity index (χ2v) is 5.21. The van der Waals surface area contributed by atoms with Gasteiger partial charge in [-0.3, -0.25) is 4.79 Å². The third-order valence-corrected chi connectivity index (χ3v) is 3.51. The number of hydrogen-bond acceptors (Lipinski definition) is 4. The van der Waals surface area contributed by atoms with Crippen LogP contribution in [0.5, 0.6) is 17.2 Å². The van der Waals surface area contributed by atoms with E-state index in [2.05, 4.69) is 0 Å². The Morgan fingerprint density at radius 1 is 0.917 bits per heavy atom. The Kier molecular flexibility index (Phi) is 6.49. The van der Waals surface area contributed by atoms with Crippen molar-refractivity contribution in [1.82, 2.24) is 4.90 Å². The molecule has 5 heteroatoms. The lowest BCUT2D eigenvalue weighted by Crippen LogP contribution is -2.30. The molecule has 0 N–H and O–H groups in total. The van der Waals surface area contributed by atoms with Crippen LogP contribution >= 0.6 is 0 Å². The number of methoxy groups -OCH3 is 1. The zero-order valence-corrected chi connectivity index (χ0v) is 14.3. The molecule has 0 atom stereocenters. The van der Waals surface area contributed by atoms with E-state index in [-0.39, 0.29) is 5.91 Å². The van der Waals surface area contributed by atoms with E-state index in [1.165, 1.54) is 0 Å². The number of nitrogens with zero attached hydrogens (tertiary/aromatic N) is 1. The molecule has 0 saturated heterocycles. The summed E-state index contributed by atoms with van der Waals surface area (Å²) in [4.78, 5) is 14.0. The van der Waals surface area contributed by atoms with Crippen LogP contribution in [-0.2, 0) is 0 Å². The van der Waals surface area contributed by atoms with E-state index in [0.29, 0.717) is 25.3 Å². The first kappa shape index (κ1) is 17.7. The molecule has 5 nitrogen and oxygen atoms in total. The van der Waals surface area contributed by atoms with Gasteiger partial charge >= 0.3 is 0 Å². The molecule has 128 valence electrons. The minimum absolute atomic E-state index is 0.0450. The van der Waals surface area contributed by atoms with Gasteiger partial charge in [-0.05, 0) is 55.5 Å². The topological polar surface area (TPSA) is 48.0 Å². The van der Waals surface area contributed by atoms with Gasteiger partial charge in [-0.2, -0.15) is 0 Å². The highest BCUT2D eigenvalue weighted by Gasteiger charge is 2.11. The molecule has 2 aromatic rings. The van der Waals surface area contributed by atoms with Crippen molar-refractivity contribution in [3.8, 4) is 17.2 Å². The SMILES string of the molecule is CCOc1ccc(C(=O)N(C)CCOc2ccc(OC)cc2)cc1. The van der Waals surface area contributed by atoms with Crippen molar-refractivity contribution in [2.45, 2.75) is 6.92 Å². The Morgan fingerprint density at radius 3 is 2.04 bits per heavy atom. The van der Waals surface area contributed by atoms with Crippen molar-refractivity contribution in [3.63, 3.8) is 0 Å². The lowest BCUT2D eigenvalue weighted by molar-refractivity contribution is 0.0773. The molecule has 0 unspecified atom stereocenters. The average Bonchev–Trinajstić information content (AvgIpc) is 2.62. The lowest BCUT2D eigenvalue weighted by atomic mass is 10.2. The summed E-state index contributed by atoms with van der Waals surface area (Å²) in [5, 5.41) is 0. The summed E-state index contributed by atoms with van der Waals surface area (Å²) < 4.78 is 16.1. The lowest BCUT2D eigenvalue weighted by Gasteiger charge is -2.18. The van der Waals surface area contributed by atoms with Crippen molar-refractivity contribution in [1.29, 1.82) is 0 Å². The van der Waals surface area contributed by atoms with Gasteiger partial charge in [0.2, 0.25) is 0 Å². The van der Waals surface area contributed by atoms with Crippen molar-refractivity contribution in [2.24, 2.45) is 0 Å². The summed E-state index contributed by atoms with van der Waals surface area (Å²) in [6.45, 7) is 3.45. The Hall–Kier alpha value is -2.69. The number of benzene rings is 2. The first-order chi connectivity index (χ1) is 11.6. The molecule has 0 heterocycles. The molecule has 0 aliphatic heterocycles. The quantitative estimate of drug-likeness (QED) is 0.746. The van der Waals surface area contributed by atoms with Crippen LogP contribution in [0, 0.1) is 0 Å². The van der Waals surface area contributed by atoms with Crippen LogP contribution in [0.2, 0.25) is 0 Å². The van der Waals surface area contributed by atoms with Gasteiger partial charge in [0, 0.05) is 12.6 Å². The second kappa shape index (κ2) is 8.82. The zero-order valence-electron chi connectivity index (χ0n) is 14.3. The zero-order chi connectivity index (χ0) is 17.4. The fraction of sp³-hybridized carbons (Fsp3) is 0.316. The molecule has 24 heavy (non-hydrogen) atoms. The summed E-state index contributed by atoms with van der Waals surface area (Å²) in [6, 6.07) is 14.5. The van der Waals surface area contributed by atoms with Gasteiger partial charge in [0.05, 0.1) is 20.3 Å². The molecule has 0 saturated carbocycles. The van der Waals surface area contributed by atoms with Gasteiger partial charge in [0.25, 0.3) is 5.91 Å². The van der Waals surface area contributed by atoms with E-state index in [1.54, 1.807) is 43.3 Å². The summed E-state index contributed by atoms with van der Waals surface area (Å²) in [5.74, 6) is 2.25. The molecular weight excluding hydrogens is 306 g/mol. The fourth-order valence-electron chi connectivity index (χ4n) is 2.15. The maximum Gasteiger partial charge on any atom is 0.253 e. The van der Waals surface area contributed by atoms with Gasteiger partial charge in [-0.1, -0.05) is 0 Å². The van der Waals surface area contributed by atoms with Crippen LogP contribution in [-0.4, -0.2) is 44.7 Å². The molecular formula is C19H23NO4. The number of ether oxygens (including phenoxy) is 3. The maximum absolute atomic E-state index is 12.4. The normalized spacial score (nSPS) is 10.1. The van der Waals surface area contributed by atoms with E-state index in [0.717, 1.165) is 17.2 Å². The molecule has 2 aromatic carbocycles. The highest BCUT2D eigenvalue weighted by molar-refractivity contribution is 5.94. The van der Waals surface area contributed by atoms with Crippen molar-refractivity contribution in [2.75, 3.05) is 33.9 Å². The highest BCUT2D eigenvalue weighted by Crippen LogP contribution is 2.17. The number of carbonyl (C=O) groups is 1. The standard InChI is InChI=1S/C19H23NO4/c1-4-23-17-7-5-15(6-8-17)19(21)20(2)13-14-24-18-11-9-16(22-3)10-12-18/h5-12H,4,13-14H2,1-3H3. The van der Waals surface area contributed by atoms with Crippen LogP contribution in [0.3, 0.4) is 0 Å². The Bertz CT molecular complexity index is 637. The number of amides is 1. The smallest absolute Gasteiger partial charge is 0.253 e. The largest absolute Gasteiger partial charge is 0.497 e. The predicted octanol–water partition coefficient (Wildman–Crippen LogP) is 3.24. The van der Waals surface area contributed by atoms with Gasteiger partial charge in [-0.15, -0.1) is 0 Å². The monoisotopic (exact) mass is 329 g/mol. The van der Waals surface area contributed by atoms with E-state index in [9.17, 15) is 4.79 Å². The van der Waals surface area contributed by atoms with Crippen LogP contribution in [0.1, 0.15) is 17.3 Å². The van der Waals surface area contributed by atoms with Gasteiger partial charge in [0.15, 0.2) is 0 Å². The number of hydrogen-bond donors (Lipinski definition) is 0. The first-order valence-electron chi connectivity index (χ1n) is 7.89. The Labute approximate surface area is 142 Å². The molecule has 0 aliphatic rings. The van der Waals surface area contributed by atoms with Crippen molar-refractivity contribution >= 4 is 5.91 Å². The van der Waals surface area contributed by atoms with Crippen molar-refractivity contribution in [3.05, 3.63) is 54.1 Å². The molecule has 2 rings (SSSR count). The molecule has 0 aromatic heterocycles. The number of rotatable bonds is 8. The molecule has 0 spiro atoms. The third kappa shape index (κ3) is 4.91. The van der Waals surface area contributed by atoms with Gasteiger partial charge in [0.1, 0.15) is 23.9 Å². The molecule has 0 bridgehead atoms. The third-order valence-electron chi connectivity index (χ3n) is 3.51. The van der Waals surface area contributed by atoms with Crippen LogP contribution in [0.25, 0.3) is 0 Å². The fourth-order valence-corrected chi connectivity index (χ4v) is 2.15. The Morgan fingerprint density at radius 2 is 1.46 bits per heavy atom. The number of carbonyl (C=O) groups excluding carboxylic acids is 1. The van der Waals surface area contributed by atoms with E-state index in [4.69, 9.17) is 14.2 Å². The first-order valence-corrected chi connectivity index (χ1v) is 7.89. The Balaban J connectivity index is 1.82. The second-order valence-electron chi connectivity index (χ2n) is 5.21. The van der Waals surface area contributed by atoms with E-state index >= 15 is 0 Å². The van der Waals surface area contributed by atoms with E-state index < -0.39 is 0 Å². The highest BCUT2D eigenvalue weighted by atomic mass is 16.5.